The second-order valence-corrected chi connectivity index (χ2v) is 0.447. The summed E-state index contributed by atoms with van der Waals surface area (Å²) in [6.45, 7) is -0.125. The molecule has 0 aliphatic heterocycles. The van der Waals surface area contributed by atoms with E-state index in [4.69, 9.17) is 10.1 Å². The van der Waals surface area contributed by atoms with Crippen molar-refractivity contribution < 1.29 is 10.1 Å². The van der Waals surface area contributed by atoms with E-state index in [1.807, 2.05) is 0 Å². The molecule has 0 fully saturated rings. The first kappa shape index (κ1) is 3.98. The summed E-state index contributed by atoms with van der Waals surface area (Å²) in [5.74, 6) is 0. The molecular weight excluding hydrogens is 54.8 g/mol. The van der Waals surface area contributed by atoms with Crippen LogP contribution < -0.4 is 0 Å². The molecule has 0 saturated heterocycles. The van der Waals surface area contributed by atoms with Crippen molar-refractivity contribution in [2.75, 3.05) is 6.51 Å². The van der Waals surface area contributed by atoms with Crippen LogP contribution in [0.4, 0.5) is 0 Å². The molecule has 0 aromatic heterocycles. The summed E-state index contributed by atoms with van der Waals surface area (Å²) in [5.41, 5.74) is 0. The molecule has 0 aliphatic rings. The van der Waals surface area contributed by atoms with Gasteiger partial charge in [-0.3, -0.25) is 0 Å². The van der Waals surface area contributed by atoms with Gasteiger partial charge in [-0.1, -0.05) is 0 Å². The highest BCUT2D eigenvalue weighted by atomic mass is 16.3. The van der Waals surface area contributed by atoms with Crippen molar-refractivity contribution in [1.29, 1.82) is 0 Å². The predicted molar refractivity (Wildman–Crippen MR) is 16.5 cm³/mol. The molecule has 2 nitrogen and oxygen atoms in total. The smallest absolute Gasteiger partial charge is 0.296 e. The summed E-state index contributed by atoms with van der Waals surface area (Å²) in [6.07, 6.45) is 0. The Kier molecular flexibility index (Phi) is 2.97. The van der Waals surface area contributed by atoms with Gasteiger partial charge in [0, 0.05) is 6.51 Å². The van der Waals surface area contributed by atoms with E-state index in [0.29, 0.717) is 0 Å². The fourth-order valence-electron chi connectivity index (χ4n) is 0. The van der Waals surface area contributed by atoms with E-state index in [2.05, 4.69) is 0 Å². The quantitative estimate of drug-likeness (QED) is 0.353. The van der Waals surface area contributed by atoms with Crippen molar-refractivity contribution in [3.63, 3.8) is 0 Å². The molecule has 4 heavy (non-hydrogen) atoms. The lowest BCUT2D eigenvalue weighted by Crippen LogP contribution is -1.91. The highest BCUT2D eigenvalue weighted by molar-refractivity contribution is 6.24. The third-order valence-electron chi connectivity index (χ3n) is 0.1000. The maximum absolute atomic E-state index is 7.62. The van der Waals surface area contributed by atoms with Crippen molar-refractivity contribution >= 4 is 7.48 Å². The molecule has 0 radical (unpaired) electrons. The van der Waals surface area contributed by atoms with Gasteiger partial charge >= 0.3 is 0 Å². The summed E-state index contributed by atoms with van der Waals surface area (Å²) in [7, 11) is -0.125. The molecule has 3 heteroatoms. The second-order valence-electron chi connectivity index (χ2n) is 0.447. The van der Waals surface area contributed by atoms with E-state index in [9.17, 15) is 0 Å². The molecule has 0 aromatic carbocycles. The third-order valence-corrected chi connectivity index (χ3v) is 0.1000. The largest absolute Gasteiger partial charge is 0.451 e. The average molecular weight is 59.9 g/mol. The summed E-state index contributed by atoms with van der Waals surface area (Å²) in [6, 6.07) is 0. The summed E-state index contributed by atoms with van der Waals surface area (Å²) >= 11 is 0. The van der Waals surface area contributed by atoms with Gasteiger partial charge in [0.25, 0.3) is 7.48 Å². The van der Waals surface area contributed by atoms with Crippen molar-refractivity contribution in [2.24, 2.45) is 0 Å². The zero-order valence-corrected chi connectivity index (χ0v) is 2.31. The molecule has 0 spiro atoms. The minimum absolute atomic E-state index is 0.125. The van der Waals surface area contributed by atoms with Crippen molar-refractivity contribution in [2.45, 2.75) is 0 Å². The van der Waals surface area contributed by atoms with E-state index < -0.39 is 0 Å². The van der Waals surface area contributed by atoms with Gasteiger partial charge in [-0.2, -0.15) is 0 Å². The molecule has 0 aliphatic carbocycles. The Morgan fingerprint density at radius 1 is 1.75 bits per heavy atom. The van der Waals surface area contributed by atoms with Crippen LogP contribution in [0.3, 0.4) is 0 Å². The van der Waals surface area contributed by atoms with Crippen LogP contribution in [0.15, 0.2) is 0 Å². The van der Waals surface area contributed by atoms with Gasteiger partial charge in [0.1, 0.15) is 0 Å². The van der Waals surface area contributed by atoms with Gasteiger partial charge < -0.3 is 10.1 Å². The molecule has 0 bridgehead atoms. The molecule has 0 aromatic rings. The lowest BCUT2D eigenvalue weighted by molar-refractivity contribution is 0.348. The molecular formula is CH5BO2. The first-order valence-corrected chi connectivity index (χ1v) is 1.13. The van der Waals surface area contributed by atoms with E-state index in [1.165, 1.54) is 0 Å². The maximum atomic E-state index is 7.62. The van der Waals surface area contributed by atoms with Crippen LogP contribution in [0.2, 0.25) is 0 Å². The minimum atomic E-state index is -0.125. The Labute approximate surface area is 25.3 Å². The van der Waals surface area contributed by atoms with Gasteiger partial charge in [-0.15, -0.1) is 0 Å². The van der Waals surface area contributed by atoms with E-state index >= 15 is 0 Å². The molecule has 0 heterocycles. The zero-order chi connectivity index (χ0) is 3.41. The monoisotopic (exact) mass is 60.0 g/mol. The summed E-state index contributed by atoms with van der Waals surface area (Å²) in [4.78, 5) is 0. The Balaban J connectivity index is 1.97. The molecule has 0 unspecified atom stereocenters. The molecule has 0 saturated carbocycles. The summed E-state index contributed by atoms with van der Waals surface area (Å²) < 4.78 is 0. The number of aliphatic hydroxyl groups is 1. The third kappa shape index (κ3) is 1.98. The molecule has 0 amide bonds. The van der Waals surface area contributed by atoms with Crippen LogP contribution in [0, 0.1) is 0 Å². The number of hydrogen-bond acceptors (Lipinski definition) is 2. The Morgan fingerprint density at radius 2 is 2.00 bits per heavy atom. The molecule has 0 rings (SSSR count). The first-order valence-electron chi connectivity index (χ1n) is 1.13. The highest BCUT2D eigenvalue weighted by Crippen LogP contribution is 1.33. The second kappa shape index (κ2) is 2.98. The summed E-state index contributed by atoms with van der Waals surface area (Å²) in [5, 5.41) is 15.2. The minimum Gasteiger partial charge on any atom is -0.451 e. The number of hydrogen-bond donors (Lipinski definition) is 2. The Hall–Kier alpha value is -0.0151. The van der Waals surface area contributed by atoms with Gasteiger partial charge in [0.05, 0.1) is 0 Å². The topological polar surface area (TPSA) is 40.5 Å². The lowest BCUT2D eigenvalue weighted by atomic mass is 10.1. The Bertz CT molecular complexity index is 8.00. The lowest BCUT2D eigenvalue weighted by Gasteiger charge is -1.65. The predicted octanol–water partition coefficient (Wildman–Crippen LogP) is -1.72. The van der Waals surface area contributed by atoms with Crippen molar-refractivity contribution in [1.82, 2.24) is 0 Å². The fourth-order valence-corrected chi connectivity index (χ4v) is 0. The van der Waals surface area contributed by atoms with Crippen LogP contribution in [-0.4, -0.2) is 24.1 Å². The maximum Gasteiger partial charge on any atom is 0.296 e. The molecule has 2 N–H and O–H groups in total. The number of aliphatic hydroxyl groups excluding tert-OH is 1. The Morgan fingerprint density at radius 3 is 2.00 bits per heavy atom. The number of rotatable bonds is 1. The van der Waals surface area contributed by atoms with Crippen LogP contribution in [-0.2, 0) is 0 Å². The van der Waals surface area contributed by atoms with Gasteiger partial charge in [0.15, 0.2) is 0 Å². The van der Waals surface area contributed by atoms with Crippen LogP contribution in [0.1, 0.15) is 0 Å². The van der Waals surface area contributed by atoms with E-state index in [1.54, 1.807) is 0 Å². The zero-order valence-electron chi connectivity index (χ0n) is 2.31. The average Bonchev–Trinajstić information content (AvgIpc) is 1.37. The molecule has 0 atom stereocenters. The fraction of sp³-hybridized carbons (Fsp3) is 1.00. The first-order chi connectivity index (χ1) is 1.91. The SMILES string of the molecule is OBCO. The normalized spacial score (nSPS) is 6.50. The van der Waals surface area contributed by atoms with Crippen LogP contribution in [0.25, 0.3) is 0 Å². The molecule has 24 valence electrons. The van der Waals surface area contributed by atoms with E-state index in [0.717, 1.165) is 0 Å². The van der Waals surface area contributed by atoms with E-state index in [-0.39, 0.29) is 14.0 Å². The van der Waals surface area contributed by atoms with Crippen LogP contribution in [0.5, 0.6) is 0 Å². The van der Waals surface area contributed by atoms with Crippen LogP contribution >= 0.6 is 0 Å². The van der Waals surface area contributed by atoms with Gasteiger partial charge in [-0.25, -0.2) is 0 Å². The standard InChI is InChI=1S/CH5BO2/c3-1-2-4/h2-4H,1H2. The van der Waals surface area contributed by atoms with Gasteiger partial charge in [0.2, 0.25) is 0 Å². The highest BCUT2D eigenvalue weighted by Gasteiger charge is 1.66. The van der Waals surface area contributed by atoms with Crippen molar-refractivity contribution in [3.8, 4) is 0 Å². The van der Waals surface area contributed by atoms with Gasteiger partial charge in [-0.05, 0) is 0 Å². The van der Waals surface area contributed by atoms with Crippen molar-refractivity contribution in [3.05, 3.63) is 0 Å².